The van der Waals surface area contributed by atoms with Gasteiger partial charge in [-0.25, -0.2) is 4.98 Å². The molecule has 1 aliphatic carbocycles. The summed E-state index contributed by atoms with van der Waals surface area (Å²) in [6, 6.07) is 12.5. The van der Waals surface area contributed by atoms with Crippen LogP contribution in [0.5, 0.6) is 0 Å². The van der Waals surface area contributed by atoms with Crippen molar-refractivity contribution in [1.82, 2.24) is 24.8 Å². The Hall–Kier alpha value is -3.97. The van der Waals surface area contributed by atoms with Gasteiger partial charge >= 0.3 is 0 Å². The van der Waals surface area contributed by atoms with Crippen molar-refractivity contribution < 1.29 is 0 Å². The molecule has 0 spiro atoms. The second-order valence-electron chi connectivity index (χ2n) is 9.91. The van der Waals surface area contributed by atoms with Crippen LogP contribution >= 0.6 is 0 Å². The smallest absolute Gasteiger partial charge is 0.261 e. The summed E-state index contributed by atoms with van der Waals surface area (Å²) in [6.07, 6.45) is 11.6. The van der Waals surface area contributed by atoms with E-state index in [2.05, 4.69) is 69.2 Å². The molecule has 37 heavy (non-hydrogen) atoms. The Labute approximate surface area is 216 Å². The van der Waals surface area contributed by atoms with Gasteiger partial charge in [0.15, 0.2) is 0 Å². The molecule has 4 aromatic rings. The Balaban J connectivity index is 1.31. The van der Waals surface area contributed by atoms with Gasteiger partial charge < -0.3 is 15.6 Å². The van der Waals surface area contributed by atoms with E-state index in [4.69, 9.17) is 4.98 Å². The van der Waals surface area contributed by atoms with Crippen molar-refractivity contribution >= 4 is 28.2 Å². The third kappa shape index (κ3) is 4.51. The van der Waals surface area contributed by atoms with Gasteiger partial charge in [0, 0.05) is 36.1 Å². The molecular formula is C30H32N6O. The van der Waals surface area contributed by atoms with Crippen LogP contribution in [0.1, 0.15) is 48.9 Å². The lowest BCUT2D eigenvalue weighted by Crippen LogP contribution is -2.28. The number of allylic oxidation sites excluding steroid dienone is 4. The van der Waals surface area contributed by atoms with Crippen LogP contribution in [0.25, 0.3) is 27.9 Å². The van der Waals surface area contributed by atoms with Gasteiger partial charge in [-0.15, -0.1) is 0 Å². The second-order valence-corrected chi connectivity index (χ2v) is 9.91. The summed E-state index contributed by atoms with van der Waals surface area (Å²) >= 11 is 0. The number of fused-ring (bicyclic) bond motifs is 1. The summed E-state index contributed by atoms with van der Waals surface area (Å²) in [5, 5.41) is 7.63. The van der Waals surface area contributed by atoms with Gasteiger partial charge in [-0.3, -0.25) is 9.36 Å². The standard InChI is InChI=1S/C30H32N6O/c1-3-36-28-23(16-25(29(36)37)27-19(2)15-26(34-27)21-7-4-5-8-21)18-32-30(35-28)33-24-12-10-20(11-13-24)22-9-6-14-31-17-22/h4,7-8,10-13,15-16,18,22,31,34H,3,5-6,9,14,17H2,1-2H3,(H,32,33,35). The van der Waals surface area contributed by atoms with Crippen LogP contribution in [-0.4, -0.2) is 32.6 Å². The minimum Gasteiger partial charge on any atom is -0.354 e. The average molecular weight is 493 g/mol. The highest BCUT2D eigenvalue weighted by Gasteiger charge is 2.18. The average Bonchev–Trinajstić information content (AvgIpc) is 3.60. The lowest BCUT2D eigenvalue weighted by molar-refractivity contribution is 0.461. The molecule has 1 atom stereocenters. The normalized spacial score (nSPS) is 17.4. The van der Waals surface area contributed by atoms with Crippen LogP contribution in [0.15, 0.2) is 65.6 Å². The fraction of sp³-hybridized carbons (Fsp3) is 0.300. The first kappa shape index (κ1) is 23.4. The zero-order valence-electron chi connectivity index (χ0n) is 21.3. The maximum absolute atomic E-state index is 13.6. The molecule has 0 bridgehead atoms. The fourth-order valence-corrected chi connectivity index (χ4v) is 5.45. The Morgan fingerprint density at radius 2 is 2.05 bits per heavy atom. The molecule has 0 amide bonds. The van der Waals surface area contributed by atoms with Crippen LogP contribution in [-0.2, 0) is 6.54 Å². The zero-order chi connectivity index (χ0) is 25.4. The van der Waals surface area contributed by atoms with E-state index < -0.39 is 0 Å². The number of nitrogens with zero attached hydrogens (tertiary/aromatic N) is 3. The number of nitrogens with one attached hydrogen (secondary N) is 3. The second kappa shape index (κ2) is 9.82. The number of H-pyrrole nitrogens is 1. The molecule has 1 unspecified atom stereocenters. The monoisotopic (exact) mass is 492 g/mol. The first-order valence-corrected chi connectivity index (χ1v) is 13.2. The Bertz CT molecular complexity index is 1570. The lowest BCUT2D eigenvalue weighted by Gasteiger charge is -2.23. The molecule has 1 fully saturated rings. The number of aryl methyl sites for hydroxylation is 2. The van der Waals surface area contributed by atoms with Crippen LogP contribution in [0.3, 0.4) is 0 Å². The summed E-state index contributed by atoms with van der Waals surface area (Å²) in [5.41, 5.74) is 7.58. The SMILES string of the molecule is CCn1c(=O)c(-c2[nH]c(C3=CCC=C3)cc2C)cc2cnc(Nc3ccc(C4CCCNC4)cc3)nc21. The molecule has 4 heterocycles. The van der Waals surface area contributed by atoms with Crippen molar-refractivity contribution in [2.45, 2.75) is 45.6 Å². The van der Waals surface area contributed by atoms with E-state index in [0.717, 1.165) is 53.1 Å². The van der Waals surface area contributed by atoms with Gasteiger partial charge in [-0.05, 0) is 86.5 Å². The quantitative estimate of drug-likeness (QED) is 0.323. The van der Waals surface area contributed by atoms with Gasteiger partial charge in [0.05, 0.1) is 11.3 Å². The summed E-state index contributed by atoms with van der Waals surface area (Å²) in [5.74, 6) is 1.05. The molecule has 1 aliphatic heterocycles. The number of rotatable bonds is 6. The van der Waals surface area contributed by atoms with E-state index >= 15 is 0 Å². The van der Waals surface area contributed by atoms with Gasteiger partial charge in [0.2, 0.25) is 5.95 Å². The molecule has 3 aromatic heterocycles. The van der Waals surface area contributed by atoms with E-state index in [1.807, 2.05) is 19.9 Å². The predicted molar refractivity (Wildman–Crippen MR) is 150 cm³/mol. The van der Waals surface area contributed by atoms with E-state index in [-0.39, 0.29) is 5.56 Å². The first-order chi connectivity index (χ1) is 18.1. The fourth-order valence-electron chi connectivity index (χ4n) is 5.45. The number of hydrogen-bond donors (Lipinski definition) is 3. The van der Waals surface area contributed by atoms with E-state index in [0.29, 0.717) is 29.6 Å². The number of anilines is 2. The third-order valence-electron chi connectivity index (χ3n) is 7.44. The van der Waals surface area contributed by atoms with Gasteiger partial charge in [0.25, 0.3) is 5.56 Å². The van der Waals surface area contributed by atoms with Crippen molar-refractivity contribution in [3.8, 4) is 11.3 Å². The van der Waals surface area contributed by atoms with Crippen LogP contribution in [0.2, 0.25) is 0 Å². The molecular weight excluding hydrogens is 460 g/mol. The minimum absolute atomic E-state index is 0.0578. The third-order valence-corrected chi connectivity index (χ3v) is 7.44. The Morgan fingerprint density at radius 1 is 1.19 bits per heavy atom. The number of benzene rings is 1. The first-order valence-electron chi connectivity index (χ1n) is 13.2. The highest BCUT2D eigenvalue weighted by atomic mass is 16.1. The minimum atomic E-state index is -0.0578. The zero-order valence-corrected chi connectivity index (χ0v) is 21.3. The maximum Gasteiger partial charge on any atom is 0.261 e. The molecule has 1 saturated heterocycles. The molecule has 6 rings (SSSR count). The van der Waals surface area contributed by atoms with Crippen molar-refractivity contribution in [2.24, 2.45) is 0 Å². The largest absolute Gasteiger partial charge is 0.354 e. The molecule has 2 aliphatic rings. The molecule has 0 saturated carbocycles. The highest BCUT2D eigenvalue weighted by Crippen LogP contribution is 2.29. The van der Waals surface area contributed by atoms with Gasteiger partial charge in [-0.2, -0.15) is 4.98 Å². The van der Waals surface area contributed by atoms with Crippen molar-refractivity contribution in [3.05, 3.63) is 88.0 Å². The molecule has 188 valence electrons. The summed E-state index contributed by atoms with van der Waals surface area (Å²) in [6.45, 7) is 6.68. The summed E-state index contributed by atoms with van der Waals surface area (Å²) < 4.78 is 1.73. The number of aromatic amines is 1. The molecule has 1 aromatic carbocycles. The summed E-state index contributed by atoms with van der Waals surface area (Å²) in [7, 11) is 0. The van der Waals surface area contributed by atoms with Gasteiger partial charge in [-0.1, -0.05) is 30.4 Å². The molecule has 3 N–H and O–H groups in total. The maximum atomic E-state index is 13.6. The molecule has 0 radical (unpaired) electrons. The number of hydrogen-bond acceptors (Lipinski definition) is 5. The van der Waals surface area contributed by atoms with Crippen molar-refractivity contribution in [1.29, 1.82) is 0 Å². The van der Waals surface area contributed by atoms with Crippen LogP contribution in [0, 0.1) is 6.92 Å². The van der Waals surface area contributed by atoms with E-state index in [1.165, 1.54) is 18.4 Å². The van der Waals surface area contributed by atoms with Crippen LogP contribution in [0.4, 0.5) is 11.6 Å². The highest BCUT2D eigenvalue weighted by molar-refractivity contribution is 5.83. The Kier molecular flexibility index (Phi) is 6.22. The van der Waals surface area contributed by atoms with E-state index in [1.54, 1.807) is 10.8 Å². The topological polar surface area (TPSA) is 87.6 Å². The van der Waals surface area contributed by atoms with Crippen molar-refractivity contribution in [2.75, 3.05) is 18.4 Å². The van der Waals surface area contributed by atoms with Crippen LogP contribution < -0.4 is 16.2 Å². The number of pyridine rings is 1. The molecule has 7 heteroatoms. The predicted octanol–water partition coefficient (Wildman–Crippen LogP) is 5.67. The molecule has 7 nitrogen and oxygen atoms in total. The Morgan fingerprint density at radius 3 is 2.78 bits per heavy atom. The van der Waals surface area contributed by atoms with Gasteiger partial charge in [0.1, 0.15) is 5.65 Å². The number of piperidine rings is 1. The number of aromatic nitrogens is 4. The lowest BCUT2D eigenvalue weighted by atomic mass is 9.92. The van der Waals surface area contributed by atoms with Crippen molar-refractivity contribution in [3.63, 3.8) is 0 Å². The van der Waals surface area contributed by atoms with E-state index in [9.17, 15) is 4.79 Å². The summed E-state index contributed by atoms with van der Waals surface area (Å²) in [4.78, 5) is 26.4.